The average Bonchev–Trinajstić information content (AvgIpc) is 2.49. The Morgan fingerprint density at radius 1 is 1.10 bits per heavy atom. The summed E-state index contributed by atoms with van der Waals surface area (Å²) in [6, 6.07) is 10.1. The highest BCUT2D eigenvalue weighted by atomic mass is 16.5. The second-order valence-electron chi connectivity index (χ2n) is 3.86. The zero-order valence-corrected chi connectivity index (χ0v) is 11.1. The van der Waals surface area contributed by atoms with E-state index >= 15 is 0 Å². The van der Waals surface area contributed by atoms with Crippen LogP contribution < -0.4 is 19.9 Å². The minimum atomic E-state index is 0.210. The molecule has 2 aromatic rings. The highest BCUT2D eigenvalue weighted by Gasteiger charge is 2.08. The van der Waals surface area contributed by atoms with Gasteiger partial charge in [-0.2, -0.15) is 10.2 Å². The lowest BCUT2D eigenvalue weighted by Crippen LogP contribution is -1.97. The van der Waals surface area contributed by atoms with Gasteiger partial charge in [0, 0.05) is 12.1 Å². The molecule has 0 spiro atoms. The molecule has 0 unspecified atom stereocenters. The van der Waals surface area contributed by atoms with E-state index in [0.29, 0.717) is 28.6 Å². The second kappa shape index (κ2) is 5.80. The molecule has 2 N–H and O–H groups in total. The van der Waals surface area contributed by atoms with Gasteiger partial charge < -0.3 is 19.9 Å². The number of aromatic nitrogens is 1. The molecule has 0 amide bonds. The third-order valence-electron chi connectivity index (χ3n) is 2.53. The number of benzene rings is 1. The van der Waals surface area contributed by atoms with Crippen molar-refractivity contribution in [3.05, 3.63) is 35.9 Å². The van der Waals surface area contributed by atoms with E-state index in [9.17, 15) is 0 Å². The second-order valence-corrected chi connectivity index (χ2v) is 3.86. The van der Waals surface area contributed by atoms with Crippen molar-refractivity contribution >= 4 is 5.69 Å². The molecule has 1 aromatic heterocycles. The van der Waals surface area contributed by atoms with Gasteiger partial charge in [0.1, 0.15) is 11.5 Å². The average molecular weight is 271 g/mol. The number of nitrogen functional groups attached to an aromatic ring is 1. The van der Waals surface area contributed by atoms with Crippen LogP contribution >= 0.6 is 0 Å². The Morgan fingerprint density at radius 2 is 1.85 bits per heavy atom. The van der Waals surface area contributed by atoms with Crippen LogP contribution in [-0.2, 0) is 0 Å². The summed E-state index contributed by atoms with van der Waals surface area (Å²) in [5.74, 6) is 1.52. The molecule has 0 radical (unpaired) electrons. The number of pyridine rings is 1. The monoisotopic (exact) mass is 271 g/mol. The smallest absolute Gasteiger partial charge is 0.246 e. The summed E-state index contributed by atoms with van der Waals surface area (Å²) in [7, 11) is 3.01. The van der Waals surface area contributed by atoms with Gasteiger partial charge in [-0.1, -0.05) is 0 Å². The van der Waals surface area contributed by atoms with Crippen LogP contribution in [0.4, 0.5) is 5.69 Å². The maximum atomic E-state index is 8.96. The van der Waals surface area contributed by atoms with Crippen molar-refractivity contribution in [2.45, 2.75) is 0 Å². The van der Waals surface area contributed by atoms with Crippen LogP contribution in [0, 0.1) is 11.3 Å². The molecule has 0 bridgehead atoms. The molecular formula is C14H13N3O3. The zero-order valence-electron chi connectivity index (χ0n) is 11.1. The first-order valence-corrected chi connectivity index (χ1v) is 5.74. The van der Waals surface area contributed by atoms with Crippen LogP contribution in [0.15, 0.2) is 30.3 Å². The fourth-order valence-electron chi connectivity index (χ4n) is 1.55. The van der Waals surface area contributed by atoms with Crippen molar-refractivity contribution in [1.29, 1.82) is 5.26 Å². The maximum Gasteiger partial charge on any atom is 0.246 e. The minimum Gasteiger partial charge on any atom is -0.497 e. The number of anilines is 1. The van der Waals surface area contributed by atoms with Gasteiger partial charge in [-0.25, -0.2) is 0 Å². The Kier molecular flexibility index (Phi) is 3.91. The predicted molar refractivity (Wildman–Crippen MR) is 73.0 cm³/mol. The number of nitrogens with two attached hydrogens (primary N) is 1. The molecule has 0 aliphatic rings. The van der Waals surface area contributed by atoms with E-state index in [1.54, 1.807) is 30.3 Å². The van der Waals surface area contributed by atoms with Crippen LogP contribution in [0.2, 0.25) is 0 Å². The molecule has 0 saturated heterocycles. The molecule has 0 saturated carbocycles. The Hall–Kier alpha value is -2.94. The van der Waals surface area contributed by atoms with Gasteiger partial charge in [0.2, 0.25) is 11.8 Å². The molecule has 20 heavy (non-hydrogen) atoms. The molecule has 6 nitrogen and oxygen atoms in total. The standard InChI is InChI=1S/C14H13N3O3/c1-18-10-5-9(8-15)6-11(7-10)20-14-12(16)3-4-13(17-14)19-2/h3-7H,16H2,1-2H3. The van der Waals surface area contributed by atoms with Gasteiger partial charge in [0.05, 0.1) is 31.5 Å². The number of ether oxygens (including phenoxy) is 3. The number of nitriles is 1. The van der Waals surface area contributed by atoms with Crippen molar-refractivity contribution in [2.24, 2.45) is 0 Å². The summed E-state index contributed by atoms with van der Waals surface area (Å²) in [5, 5.41) is 8.96. The van der Waals surface area contributed by atoms with Crippen molar-refractivity contribution in [3.63, 3.8) is 0 Å². The molecule has 0 aliphatic carbocycles. The third-order valence-corrected chi connectivity index (χ3v) is 2.53. The number of hydrogen-bond donors (Lipinski definition) is 1. The topological polar surface area (TPSA) is 90.4 Å². The van der Waals surface area contributed by atoms with Crippen LogP contribution in [-0.4, -0.2) is 19.2 Å². The Labute approximate surface area is 116 Å². The maximum absolute atomic E-state index is 8.96. The largest absolute Gasteiger partial charge is 0.497 e. The molecule has 0 aliphatic heterocycles. The molecule has 6 heteroatoms. The van der Waals surface area contributed by atoms with Crippen LogP contribution in [0.25, 0.3) is 0 Å². The first kappa shape index (κ1) is 13.5. The first-order chi connectivity index (χ1) is 9.66. The molecule has 102 valence electrons. The van der Waals surface area contributed by atoms with Gasteiger partial charge in [-0.3, -0.25) is 0 Å². The van der Waals surface area contributed by atoms with Crippen molar-refractivity contribution in [1.82, 2.24) is 4.98 Å². The summed E-state index contributed by atoms with van der Waals surface area (Å²) >= 11 is 0. The minimum absolute atomic E-state index is 0.210. The van der Waals surface area contributed by atoms with E-state index < -0.39 is 0 Å². The SMILES string of the molecule is COc1cc(C#N)cc(Oc2nc(OC)ccc2N)c1. The Morgan fingerprint density at radius 3 is 2.50 bits per heavy atom. The van der Waals surface area contributed by atoms with Crippen LogP contribution in [0.3, 0.4) is 0 Å². The number of methoxy groups -OCH3 is 2. The summed E-state index contributed by atoms with van der Waals surface area (Å²) < 4.78 is 15.7. The van der Waals surface area contributed by atoms with E-state index in [4.69, 9.17) is 25.2 Å². The molecule has 0 fully saturated rings. The van der Waals surface area contributed by atoms with Crippen LogP contribution in [0.1, 0.15) is 5.56 Å². The fourth-order valence-corrected chi connectivity index (χ4v) is 1.55. The summed E-state index contributed by atoms with van der Waals surface area (Å²) in [6.45, 7) is 0. The first-order valence-electron chi connectivity index (χ1n) is 5.74. The number of rotatable bonds is 4. The molecule has 1 aromatic carbocycles. The van der Waals surface area contributed by atoms with Crippen molar-refractivity contribution in [3.8, 4) is 29.3 Å². The Balaban J connectivity index is 2.37. The highest BCUT2D eigenvalue weighted by Crippen LogP contribution is 2.30. The molecular weight excluding hydrogens is 258 g/mol. The molecule has 1 heterocycles. The lowest BCUT2D eigenvalue weighted by atomic mass is 10.2. The van der Waals surface area contributed by atoms with E-state index in [1.165, 1.54) is 14.2 Å². The predicted octanol–water partition coefficient (Wildman–Crippen LogP) is 2.34. The fraction of sp³-hybridized carbons (Fsp3) is 0.143. The summed E-state index contributed by atoms with van der Waals surface area (Å²) in [5.41, 5.74) is 6.58. The van der Waals surface area contributed by atoms with Crippen molar-refractivity contribution < 1.29 is 14.2 Å². The van der Waals surface area contributed by atoms with Gasteiger partial charge in [-0.15, -0.1) is 0 Å². The van der Waals surface area contributed by atoms with Gasteiger partial charge in [0.25, 0.3) is 0 Å². The number of nitrogens with zero attached hydrogens (tertiary/aromatic N) is 2. The van der Waals surface area contributed by atoms with E-state index in [0.717, 1.165) is 0 Å². The third kappa shape index (κ3) is 2.90. The van der Waals surface area contributed by atoms with Gasteiger partial charge in [0.15, 0.2) is 0 Å². The van der Waals surface area contributed by atoms with Gasteiger partial charge in [-0.05, 0) is 18.2 Å². The quantitative estimate of drug-likeness (QED) is 0.917. The van der Waals surface area contributed by atoms with Crippen molar-refractivity contribution in [2.75, 3.05) is 20.0 Å². The Bertz CT molecular complexity index is 665. The molecule has 0 atom stereocenters. The number of hydrogen-bond acceptors (Lipinski definition) is 6. The lowest BCUT2D eigenvalue weighted by Gasteiger charge is -2.10. The summed E-state index contributed by atoms with van der Waals surface area (Å²) in [6.07, 6.45) is 0. The lowest BCUT2D eigenvalue weighted by molar-refractivity contribution is 0.382. The normalized spacial score (nSPS) is 9.65. The highest BCUT2D eigenvalue weighted by molar-refractivity contribution is 5.52. The molecule has 2 rings (SSSR count). The van der Waals surface area contributed by atoms with E-state index in [2.05, 4.69) is 4.98 Å². The van der Waals surface area contributed by atoms with Crippen LogP contribution in [0.5, 0.6) is 23.3 Å². The zero-order chi connectivity index (χ0) is 14.5. The van der Waals surface area contributed by atoms with Gasteiger partial charge >= 0.3 is 0 Å². The summed E-state index contributed by atoms with van der Waals surface area (Å²) in [4.78, 5) is 4.10. The van der Waals surface area contributed by atoms with E-state index in [-0.39, 0.29) is 5.88 Å². The van der Waals surface area contributed by atoms with E-state index in [1.807, 2.05) is 6.07 Å².